The van der Waals surface area contributed by atoms with Crippen LogP contribution >= 0.6 is 0 Å². The summed E-state index contributed by atoms with van der Waals surface area (Å²) >= 11 is 0. The van der Waals surface area contributed by atoms with Crippen molar-refractivity contribution in [1.29, 1.82) is 0 Å². The molecule has 7 heteroatoms. The average molecular weight is 492 g/mol. The zero-order chi connectivity index (χ0) is 25.9. The topological polar surface area (TPSA) is 74.3 Å². The number of carbonyl (C=O) groups excluding carboxylic acids is 2. The molecule has 190 valence electrons. The maximum atomic E-state index is 12.9. The van der Waals surface area contributed by atoms with Gasteiger partial charge in [0.25, 0.3) is 0 Å². The molecule has 0 unspecified atom stereocenters. The van der Waals surface area contributed by atoms with E-state index in [2.05, 4.69) is 12.1 Å². The molecule has 0 aliphatic rings. The summed E-state index contributed by atoms with van der Waals surface area (Å²) in [5.41, 5.74) is 2.47. The molecule has 3 aromatic carbocycles. The number of hydrogen-bond acceptors (Lipinski definition) is 7. The van der Waals surface area contributed by atoms with E-state index in [0.29, 0.717) is 6.54 Å². The van der Waals surface area contributed by atoms with Crippen molar-refractivity contribution >= 4 is 11.9 Å². The normalized spacial score (nSPS) is 11.6. The Kier molecular flexibility index (Phi) is 9.89. The lowest BCUT2D eigenvalue weighted by Crippen LogP contribution is -2.35. The molecule has 0 saturated carbocycles. The number of aryl methyl sites for hydroxylation is 2. The summed E-state index contributed by atoms with van der Waals surface area (Å²) < 4.78 is 22.3. The highest BCUT2D eigenvalue weighted by atomic mass is 16.6. The van der Waals surface area contributed by atoms with Crippen LogP contribution in [0, 0.1) is 0 Å². The molecule has 0 saturated heterocycles. The molecular weight excluding hydrogens is 458 g/mol. The predicted octanol–water partition coefficient (Wildman–Crippen LogP) is 4.57. The standard InChI is InChI=1S/C29H33NO6/c1-21(31)35-28-12-8-6-10-26(28)29(32)36-25(19-30(2)3)20-34-27-11-7-5-9-23(27)16-13-22-14-17-24(33-4)18-15-22/h5-12,14-15,17-18,25H,13,16,19-20H2,1-4H3/t25-/m0/s1. The first kappa shape index (κ1) is 26.8. The molecule has 36 heavy (non-hydrogen) atoms. The Morgan fingerprint density at radius 3 is 2.19 bits per heavy atom. The van der Waals surface area contributed by atoms with Gasteiger partial charge in [-0.05, 0) is 68.4 Å². The SMILES string of the molecule is COc1ccc(CCc2ccccc2OC[C@H](CN(C)C)OC(=O)c2ccccc2OC(C)=O)cc1. The van der Waals surface area contributed by atoms with Crippen molar-refractivity contribution in [3.8, 4) is 17.2 Å². The van der Waals surface area contributed by atoms with Crippen molar-refractivity contribution in [2.24, 2.45) is 0 Å². The molecule has 0 fully saturated rings. The predicted molar refractivity (Wildman–Crippen MR) is 138 cm³/mol. The summed E-state index contributed by atoms with van der Waals surface area (Å²) in [6.07, 6.45) is 1.12. The minimum Gasteiger partial charge on any atom is -0.497 e. The fourth-order valence-electron chi connectivity index (χ4n) is 3.73. The number of methoxy groups -OCH3 is 1. The Morgan fingerprint density at radius 1 is 0.861 bits per heavy atom. The molecule has 0 N–H and O–H groups in total. The van der Waals surface area contributed by atoms with E-state index in [1.807, 2.05) is 55.4 Å². The number of hydrogen-bond donors (Lipinski definition) is 0. The van der Waals surface area contributed by atoms with Gasteiger partial charge in [0.05, 0.1) is 7.11 Å². The van der Waals surface area contributed by atoms with Crippen LogP contribution in [0.2, 0.25) is 0 Å². The summed E-state index contributed by atoms with van der Waals surface area (Å²) in [7, 11) is 5.45. The van der Waals surface area contributed by atoms with Crippen LogP contribution in [0.15, 0.2) is 72.8 Å². The lowest BCUT2D eigenvalue weighted by molar-refractivity contribution is -0.131. The Balaban J connectivity index is 1.66. The molecule has 0 spiro atoms. The van der Waals surface area contributed by atoms with E-state index in [0.717, 1.165) is 29.9 Å². The lowest BCUT2D eigenvalue weighted by Gasteiger charge is -2.23. The van der Waals surface area contributed by atoms with Crippen molar-refractivity contribution in [3.63, 3.8) is 0 Å². The number of carbonyl (C=O) groups is 2. The first-order valence-corrected chi connectivity index (χ1v) is 11.8. The van der Waals surface area contributed by atoms with Gasteiger partial charge in [-0.25, -0.2) is 4.79 Å². The van der Waals surface area contributed by atoms with Crippen LogP contribution < -0.4 is 14.2 Å². The smallest absolute Gasteiger partial charge is 0.342 e. The summed E-state index contributed by atoms with van der Waals surface area (Å²) in [5.74, 6) is 0.679. The number of para-hydroxylation sites is 2. The van der Waals surface area contributed by atoms with E-state index in [1.165, 1.54) is 12.5 Å². The number of esters is 2. The molecule has 3 rings (SSSR count). The van der Waals surface area contributed by atoms with E-state index in [4.69, 9.17) is 18.9 Å². The fourth-order valence-corrected chi connectivity index (χ4v) is 3.73. The largest absolute Gasteiger partial charge is 0.497 e. The van der Waals surface area contributed by atoms with Gasteiger partial charge in [-0.3, -0.25) is 4.79 Å². The second-order valence-electron chi connectivity index (χ2n) is 8.65. The van der Waals surface area contributed by atoms with Crippen molar-refractivity contribution in [1.82, 2.24) is 4.90 Å². The highest BCUT2D eigenvalue weighted by Gasteiger charge is 2.21. The third-order valence-corrected chi connectivity index (χ3v) is 5.44. The van der Waals surface area contributed by atoms with Crippen LogP contribution in [0.1, 0.15) is 28.4 Å². The summed E-state index contributed by atoms with van der Waals surface area (Å²) in [5, 5.41) is 0. The fraction of sp³-hybridized carbons (Fsp3) is 0.310. The summed E-state index contributed by atoms with van der Waals surface area (Å²) in [6.45, 7) is 1.94. The summed E-state index contributed by atoms with van der Waals surface area (Å²) in [6, 6.07) is 22.4. The van der Waals surface area contributed by atoms with Gasteiger partial charge in [-0.15, -0.1) is 0 Å². The Hall–Kier alpha value is -3.84. The molecule has 0 aliphatic carbocycles. The zero-order valence-corrected chi connectivity index (χ0v) is 21.2. The first-order chi connectivity index (χ1) is 17.4. The van der Waals surface area contributed by atoms with Gasteiger partial charge < -0.3 is 23.8 Å². The van der Waals surface area contributed by atoms with Crippen molar-refractivity contribution in [2.45, 2.75) is 25.9 Å². The third kappa shape index (κ3) is 8.13. The number of likely N-dealkylation sites (N-methyl/N-ethyl adjacent to an activating group) is 1. The molecule has 0 bridgehead atoms. The highest BCUT2D eigenvalue weighted by Crippen LogP contribution is 2.23. The average Bonchev–Trinajstić information content (AvgIpc) is 2.86. The van der Waals surface area contributed by atoms with Crippen molar-refractivity contribution in [2.75, 3.05) is 34.4 Å². The summed E-state index contributed by atoms with van der Waals surface area (Å²) in [4.78, 5) is 26.3. The second kappa shape index (κ2) is 13.3. The van der Waals surface area contributed by atoms with E-state index in [1.54, 1.807) is 31.4 Å². The second-order valence-corrected chi connectivity index (χ2v) is 8.65. The Labute approximate surface area is 212 Å². The maximum Gasteiger partial charge on any atom is 0.342 e. The highest BCUT2D eigenvalue weighted by molar-refractivity contribution is 5.93. The van der Waals surface area contributed by atoms with Gasteiger partial charge in [0.1, 0.15) is 35.5 Å². The van der Waals surface area contributed by atoms with E-state index < -0.39 is 18.0 Å². The van der Waals surface area contributed by atoms with Gasteiger partial charge in [0.2, 0.25) is 0 Å². The van der Waals surface area contributed by atoms with Crippen molar-refractivity contribution in [3.05, 3.63) is 89.5 Å². The van der Waals surface area contributed by atoms with Crippen LogP contribution in [-0.4, -0.2) is 57.3 Å². The molecule has 0 aromatic heterocycles. The van der Waals surface area contributed by atoms with Crippen LogP contribution in [0.5, 0.6) is 17.2 Å². The van der Waals surface area contributed by atoms with Crippen LogP contribution in [0.3, 0.4) is 0 Å². The minimum absolute atomic E-state index is 0.170. The lowest BCUT2D eigenvalue weighted by atomic mass is 10.0. The maximum absolute atomic E-state index is 12.9. The zero-order valence-electron chi connectivity index (χ0n) is 21.2. The Bertz CT molecular complexity index is 1140. The molecular formula is C29H33NO6. The van der Waals surface area contributed by atoms with Crippen LogP contribution in [-0.2, 0) is 22.4 Å². The van der Waals surface area contributed by atoms with Crippen LogP contribution in [0.4, 0.5) is 0 Å². The molecule has 0 heterocycles. The minimum atomic E-state index is -0.574. The van der Waals surface area contributed by atoms with Crippen molar-refractivity contribution < 1.29 is 28.5 Å². The number of benzene rings is 3. The molecule has 0 radical (unpaired) electrons. The number of rotatable bonds is 12. The van der Waals surface area contributed by atoms with E-state index in [9.17, 15) is 9.59 Å². The van der Waals surface area contributed by atoms with E-state index >= 15 is 0 Å². The van der Waals surface area contributed by atoms with Gasteiger partial charge >= 0.3 is 11.9 Å². The molecule has 7 nitrogen and oxygen atoms in total. The van der Waals surface area contributed by atoms with Gasteiger partial charge in [0.15, 0.2) is 0 Å². The number of nitrogens with zero attached hydrogens (tertiary/aromatic N) is 1. The van der Waals surface area contributed by atoms with Gasteiger partial charge in [0, 0.05) is 13.5 Å². The van der Waals surface area contributed by atoms with Gasteiger partial charge in [-0.2, -0.15) is 0 Å². The first-order valence-electron chi connectivity index (χ1n) is 11.8. The molecule has 0 aliphatic heterocycles. The number of ether oxygens (including phenoxy) is 4. The molecule has 3 aromatic rings. The van der Waals surface area contributed by atoms with E-state index in [-0.39, 0.29) is 17.9 Å². The third-order valence-electron chi connectivity index (χ3n) is 5.44. The quantitative estimate of drug-likeness (QED) is 0.271. The Morgan fingerprint density at radius 2 is 1.53 bits per heavy atom. The molecule has 1 atom stereocenters. The van der Waals surface area contributed by atoms with Gasteiger partial charge in [-0.1, -0.05) is 42.5 Å². The molecule has 0 amide bonds. The van der Waals surface area contributed by atoms with Crippen LogP contribution in [0.25, 0.3) is 0 Å². The monoisotopic (exact) mass is 491 g/mol.